The number of hydrogen-bond donors (Lipinski definition) is 2. The summed E-state index contributed by atoms with van der Waals surface area (Å²) in [7, 11) is 5.35. The van der Waals surface area contributed by atoms with Crippen LogP contribution in [0.15, 0.2) is 22.8 Å². The maximum atomic E-state index is 12.1. The van der Waals surface area contributed by atoms with Gasteiger partial charge in [-0.2, -0.15) is 15.1 Å². The zero-order valence-electron chi connectivity index (χ0n) is 12.4. The van der Waals surface area contributed by atoms with Gasteiger partial charge in [0.2, 0.25) is 5.95 Å². The van der Waals surface area contributed by atoms with Gasteiger partial charge in [0, 0.05) is 21.1 Å². The highest BCUT2D eigenvalue weighted by Crippen LogP contribution is 2.27. The van der Waals surface area contributed by atoms with Crippen molar-refractivity contribution in [1.29, 1.82) is 0 Å². The lowest BCUT2D eigenvalue weighted by Gasteiger charge is -2.10. The third-order valence-electron chi connectivity index (χ3n) is 3.08. The predicted molar refractivity (Wildman–Crippen MR) is 81.7 cm³/mol. The average molecular weight is 301 g/mol. The van der Waals surface area contributed by atoms with Crippen molar-refractivity contribution in [1.82, 2.24) is 19.7 Å². The second-order valence-electron chi connectivity index (χ2n) is 4.91. The quantitative estimate of drug-likeness (QED) is 0.737. The number of nitrogens with two attached hydrogens (primary N) is 1. The standard InChI is InChI=1S/C13H15N7O2/c1-19(2)13-15-9(14)8-10(18-20(3)11(8)17-13)16-12(21)7-5-4-6-22-7/h4-6H,1-3H3,(H2,14,15,17)(H,16,18,21). The molecule has 0 saturated carbocycles. The number of fused-ring (bicyclic) bond motifs is 1. The molecule has 3 aromatic heterocycles. The number of anilines is 3. The number of nitrogens with zero attached hydrogens (tertiary/aromatic N) is 5. The van der Waals surface area contributed by atoms with Crippen molar-refractivity contribution >= 4 is 34.5 Å². The summed E-state index contributed by atoms with van der Waals surface area (Å²) in [5.41, 5.74) is 6.53. The first-order chi connectivity index (χ1) is 10.5. The number of aromatic nitrogens is 4. The lowest BCUT2D eigenvalue weighted by atomic mass is 10.3. The number of carbonyl (C=O) groups is 1. The van der Waals surface area contributed by atoms with Gasteiger partial charge in [-0.1, -0.05) is 0 Å². The van der Waals surface area contributed by atoms with E-state index in [2.05, 4.69) is 20.4 Å². The van der Waals surface area contributed by atoms with E-state index in [1.807, 2.05) is 14.1 Å². The number of furan rings is 1. The van der Waals surface area contributed by atoms with Gasteiger partial charge in [-0.05, 0) is 12.1 Å². The summed E-state index contributed by atoms with van der Waals surface area (Å²) >= 11 is 0. The Kier molecular flexibility index (Phi) is 3.17. The Bertz CT molecular complexity index is 836. The molecule has 3 heterocycles. The van der Waals surface area contributed by atoms with E-state index in [1.165, 1.54) is 10.9 Å². The first-order valence-electron chi connectivity index (χ1n) is 6.49. The molecule has 0 aliphatic rings. The van der Waals surface area contributed by atoms with Crippen LogP contribution in [0.4, 0.5) is 17.6 Å². The van der Waals surface area contributed by atoms with E-state index >= 15 is 0 Å². The highest BCUT2D eigenvalue weighted by atomic mass is 16.3. The van der Waals surface area contributed by atoms with Crippen molar-refractivity contribution < 1.29 is 9.21 Å². The van der Waals surface area contributed by atoms with Crippen molar-refractivity contribution in [2.75, 3.05) is 30.0 Å². The first kappa shape index (κ1) is 13.9. The number of rotatable bonds is 3. The van der Waals surface area contributed by atoms with Gasteiger partial charge in [0.15, 0.2) is 17.2 Å². The molecule has 3 rings (SSSR count). The molecule has 0 saturated heterocycles. The van der Waals surface area contributed by atoms with Crippen molar-refractivity contribution in [3.63, 3.8) is 0 Å². The summed E-state index contributed by atoms with van der Waals surface area (Å²) in [6.07, 6.45) is 1.42. The molecule has 0 fully saturated rings. The minimum Gasteiger partial charge on any atom is -0.459 e. The minimum absolute atomic E-state index is 0.184. The van der Waals surface area contributed by atoms with Crippen LogP contribution in [0.5, 0.6) is 0 Å². The normalized spacial score (nSPS) is 10.9. The third kappa shape index (κ3) is 2.22. The van der Waals surface area contributed by atoms with Crippen molar-refractivity contribution in [3.8, 4) is 0 Å². The number of nitrogens with one attached hydrogen (secondary N) is 1. The summed E-state index contributed by atoms with van der Waals surface area (Å²) < 4.78 is 6.59. The molecule has 114 valence electrons. The fourth-order valence-electron chi connectivity index (χ4n) is 2.03. The van der Waals surface area contributed by atoms with E-state index in [0.717, 1.165) is 0 Å². The average Bonchev–Trinajstić information content (AvgIpc) is 3.08. The maximum Gasteiger partial charge on any atom is 0.292 e. The van der Waals surface area contributed by atoms with Crippen LogP contribution in [0.2, 0.25) is 0 Å². The third-order valence-corrected chi connectivity index (χ3v) is 3.08. The van der Waals surface area contributed by atoms with E-state index in [9.17, 15) is 4.79 Å². The van der Waals surface area contributed by atoms with Gasteiger partial charge in [0.05, 0.1) is 6.26 Å². The van der Waals surface area contributed by atoms with Crippen LogP contribution >= 0.6 is 0 Å². The molecule has 3 N–H and O–H groups in total. The Hall–Kier alpha value is -3.10. The SMILES string of the molecule is CN(C)c1nc(N)c2c(NC(=O)c3ccco3)nn(C)c2n1. The summed E-state index contributed by atoms with van der Waals surface area (Å²) in [4.78, 5) is 22.4. The molecular weight excluding hydrogens is 286 g/mol. The highest BCUT2D eigenvalue weighted by Gasteiger charge is 2.19. The fourth-order valence-corrected chi connectivity index (χ4v) is 2.03. The van der Waals surface area contributed by atoms with Crippen LogP contribution < -0.4 is 16.0 Å². The van der Waals surface area contributed by atoms with Gasteiger partial charge in [-0.3, -0.25) is 4.79 Å². The molecule has 0 aliphatic heterocycles. The monoisotopic (exact) mass is 301 g/mol. The van der Waals surface area contributed by atoms with Crippen molar-refractivity contribution in [2.45, 2.75) is 0 Å². The molecular formula is C13H15N7O2. The fraction of sp³-hybridized carbons (Fsp3) is 0.231. The molecule has 22 heavy (non-hydrogen) atoms. The van der Waals surface area contributed by atoms with Gasteiger partial charge >= 0.3 is 0 Å². The minimum atomic E-state index is -0.416. The Morgan fingerprint density at radius 3 is 2.82 bits per heavy atom. The summed E-state index contributed by atoms with van der Waals surface area (Å²) in [6, 6.07) is 3.19. The zero-order valence-corrected chi connectivity index (χ0v) is 12.4. The second kappa shape index (κ2) is 5.02. The van der Waals surface area contributed by atoms with Gasteiger partial charge in [0.25, 0.3) is 5.91 Å². The molecule has 0 aliphatic carbocycles. The molecule has 0 bridgehead atoms. The molecule has 9 heteroatoms. The molecule has 3 aromatic rings. The smallest absolute Gasteiger partial charge is 0.292 e. The Morgan fingerprint density at radius 1 is 1.41 bits per heavy atom. The van der Waals surface area contributed by atoms with Gasteiger partial charge in [0.1, 0.15) is 11.2 Å². The molecule has 0 unspecified atom stereocenters. The largest absolute Gasteiger partial charge is 0.459 e. The number of nitrogen functional groups attached to an aromatic ring is 1. The molecule has 0 atom stereocenters. The van der Waals surface area contributed by atoms with Gasteiger partial charge in [-0.15, -0.1) is 0 Å². The topological polar surface area (TPSA) is 115 Å². The lowest BCUT2D eigenvalue weighted by molar-refractivity contribution is 0.0996. The van der Waals surface area contributed by atoms with Crippen molar-refractivity contribution in [2.24, 2.45) is 7.05 Å². The molecule has 0 spiro atoms. The Balaban J connectivity index is 2.06. The number of hydrogen-bond acceptors (Lipinski definition) is 7. The number of carbonyl (C=O) groups excluding carboxylic acids is 1. The molecule has 9 nitrogen and oxygen atoms in total. The van der Waals surface area contributed by atoms with Gasteiger partial charge < -0.3 is 20.4 Å². The summed E-state index contributed by atoms with van der Waals surface area (Å²) in [6.45, 7) is 0. The molecule has 0 aromatic carbocycles. The zero-order chi connectivity index (χ0) is 15.9. The van der Waals surface area contributed by atoms with E-state index in [1.54, 1.807) is 24.1 Å². The second-order valence-corrected chi connectivity index (χ2v) is 4.91. The van der Waals surface area contributed by atoms with Crippen LogP contribution in [-0.4, -0.2) is 39.8 Å². The van der Waals surface area contributed by atoms with E-state index in [0.29, 0.717) is 22.8 Å². The number of amides is 1. The number of aryl methyl sites for hydroxylation is 1. The van der Waals surface area contributed by atoms with Crippen LogP contribution in [0.1, 0.15) is 10.6 Å². The Labute approximate surface area is 125 Å². The first-order valence-corrected chi connectivity index (χ1v) is 6.49. The maximum absolute atomic E-state index is 12.1. The van der Waals surface area contributed by atoms with Crippen LogP contribution in [0, 0.1) is 0 Å². The van der Waals surface area contributed by atoms with E-state index in [4.69, 9.17) is 10.2 Å². The van der Waals surface area contributed by atoms with E-state index < -0.39 is 5.91 Å². The van der Waals surface area contributed by atoms with E-state index in [-0.39, 0.29) is 11.6 Å². The van der Waals surface area contributed by atoms with Crippen LogP contribution in [-0.2, 0) is 7.05 Å². The summed E-state index contributed by atoms with van der Waals surface area (Å²) in [5, 5.41) is 7.40. The molecule has 0 radical (unpaired) electrons. The lowest BCUT2D eigenvalue weighted by Crippen LogP contribution is -2.14. The highest BCUT2D eigenvalue weighted by molar-refractivity contribution is 6.08. The van der Waals surface area contributed by atoms with Crippen LogP contribution in [0.3, 0.4) is 0 Å². The molecule has 1 amide bonds. The van der Waals surface area contributed by atoms with Gasteiger partial charge in [-0.25, -0.2) is 4.68 Å². The van der Waals surface area contributed by atoms with Crippen LogP contribution in [0.25, 0.3) is 11.0 Å². The predicted octanol–water partition coefficient (Wildman–Crippen LogP) is 0.857. The summed E-state index contributed by atoms with van der Waals surface area (Å²) in [5.74, 6) is 0.777. The van der Waals surface area contributed by atoms with Crippen molar-refractivity contribution in [3.05, 3.63) is 24.2 Å². The Morgan fingerprint density at radius 2 is 2.18 bits per heavy atom.